The Morgan fingerprint density at radius 1 is 1.15 bits per heavy atom. The van der Waals surface area contributed by atoms with Gasteiger partial charge in [0.05, 0.1) is 18.2 Å². The van der Waals surface area contributed by atoms with E-state index in [0.29, 0.717) is 16.9 Å². The molecule has 0 fully saturated rings. The quantitative estimate of drug-likeness (QED) is 0.826. The molecule has 0 atom stereocenters. The Labute approximate surface area is 159 Å². The van der Waals surface area contributed by atoms with Gasteiger partial charge < -0.3 is 14.7 Å². The van der Waals surface area contributed by atoms with E-state index < -0.39 is 5.97 Å². The van der Waals surface area contributed by atoms with Crippen LogP contribution in [0.2, 0.25) is 0 Å². The first-order valence-electron chi connectivity index (χ1n) is 8.98. The molecule has 2 aromatic rings. The van der Waals surface area contributed by atoms with Gasteiger partial charge in [0.15, 0.2) is 5.78 Å². The zero-order chi connectivity index (χ0) is 19.9. The number of carboxylic acid groups (broad SMARTS) is 1. The maximum atomic E-state index is 13.2. The standard InChI is InChI=1S/C22H25NO4/c1-13-18-17(22(2,3)10-11-23(18)4)12-16(20(13)27-5)19(24)14-6-8-15(9-7-14)21(25)26/h6-9,12H,10-11H2,1-5H3,(H,25,26). The molecule has 0 aromatic heterocycles. The molecule has 27 heavy (non-hydrogen) atoms. The van der Waals surface area contributed by atoms with Crippen LogP contribution < -0.4 is 9.64 Å². The summed E-state index contributed by atoms with van der Waals surface area (Å²) in [5.74, 6) is -0.606. The Balaban J connectivity index is 2.16. The zero-order valence-electron chi connectivity index (χ0n) is 16.4. The number of anilines is 1. The second kappa shape index (κ2) is 6.72. The summed E-state index contributed by atoms with van der Waals surface area (Å²) in [4.78, 5) is 26.5. The van der Waals surface area contributed by atoms with Crippen molar-refractivity contribution in [1.82, 2.24) is 0 Å². The number of nitrogens with zero attached hydrogens (tertiary/aromatic N) is 1. The molecule has 0 saturated heterocycles. The molecule has 0 radical (unpaired) electrons. The molecule has 0 amide bonds. The van der Waals surface area contributed by atoms with E-state index in [-0.39, 0.29) is 16.8 Å². The van der Waals surface area contributed by atoms with Gasteiger partial charge in [0.1, 0.15) is 5.75 Å². The van der Waals surface area contributed by atoms with Crippen LogP contribution in [0.15, 0.2) is 30.3 Å². The predicted octanol–water partition coefficient (Wildman–Crippen LogP) is 4.05. The van der Waals surface area contributed by atoms with Gasteiger partial charge in [0.25, 0.3) is 0 Å². The third-order valence-corrected chi connectivity index (χ3v) is 5.51. The number of hydrogen-bond acceptors (Lipinski definition) is 4. The number of benzene rings is 2. The third kappa shape index (κ3) is 3.18. The molecule has 5 nitrogen and oxygen atoms in total. The van der Waals surface area contributed by atoms with E-state index in [1.54, 1.807) is 19.2 Å². The highest BCUT2D eigenvalue weighted by Gasteiger charge is 2.34. The van der Waals surface area contributed by atoms with Gasteiger partial charge in [-0.25, -0.2) is 4.79 Å². The summed E-state index contributed by atoms with van der Waals surface area (Å²) in [7, 11) is 3.64. The lowest BCUT2D eigenvalue weighted by molar-refractivity contribution is 0.0696. The first kappa shape index (κ1) is 19.0. The van der Waals surface area contributed by atoms with Crippen molar-refractivity contribution < 1.29 is 19.4 Å². The van der Waals surface area contributed by atoms with E-state index in [1.807, 2.05) is 13.0 Å². The highest BCUT2D eigenvalue weighted by Crippen LogP contribution is 2.45. The van der Waals surface area contributed by atoms with E-state index in [4.69, 9.17) is 9.84 Å². The summed E-state index contributed by atoms with van der Waals surface area (Å²) in [6.45, 7) is 7.33. The molecule has 1 heterocycles. The van der Waals surface area contributed by atoms with E-state index >= 15 is 0 Å². The molecule has 142 valence electrons. The Morgan fingerprint density at radius 2 is 1.74 bits per heavy atom. The van der Waals surface area contributed by atoms with Crippen LogP contribution in [0.25, 0.3) is 0 Å². The van der Waals surface area contributed by atoms with Gasteiger partial charge in [-0.2, -0.15) is 0 Å². The lowest BCUT2D eigenvalue weighted by Gasteiger charge is -2.40. The van der Waals surface area contributed by atoms with Crippen LogP contribution in [-0.2, 0) is 5.41 Å². The molecule has 1 aliphatic heterocycles. The highest BCUT2D eigenvalue weighted by molar-refractivity contribution is 6.12. The summed E-state index contributed by atoms with van der Waals surface area (Å²) in [6, 6.07) is 7.95. The average Bonchev–Trinajstić information content (AvgIpc) is 2.64. The predicted molar refractivity (Wildman–Crippen MR) is 105 cm³/mol. The number of hydrogen-bond donors (Lipinski definition) is 1. The summed E-state index contributed by atoms with van der Waals surface area (Å²) >= 11 is 0. The van der Waals surface area contributed by atoms with E-state index in [0.717, 1.165) is 29.8 Å². The topological polar surface area (TPSA) is 66.8 Å². The fourth-order valence-corrected chi connectivity index (χ4v) is 3.84. The van der Waals surface area contributed by atoms with Gasteiger partial charge in [0, 0.05) is 30.4 Å². The van der Waals surface area contributed by atoms with E-state index in [1.165, 1.54) is 12.1 Å². The maximum absolute atomic E-state index is 13.2. The van der Waals surface area contributed by atoms with Crippen molar-refractivity contribution in [2.45, 2.75) is 32.6 Å². The average molecular weight is 367 g/mol. The first-order valence-corrected chi connectivity index (χ1v) is 8.98. The highest BCUT2D eigenvalue weighted by atomic mass is 16.5. The number of carbonyl (C=O) groups excluding carboxylic acids is 1. The lowest BCUT2D eigenvalue weighted by atomic mass is 9.75. The SMILES string of the molecule is COc1c(C(=O)c2ccc(C(=O)O)cc2)cc2c(c1C)N(C)CCC2(C)C. The minimum atomic E-state index is -1.01. The van der Waals surface area contributed by atoms with Crippen molar-refractivity contribution in [3.05, 3.63) is 58.1 Å². The maximum Gasteiger partial charge on any atom is 0.335 e. The Bertz CT molecular complexity index is 913. The first-order chi connectivity index (χ1) is 12.7. The van der Waals surface area contributed by atoms with Crippen LogP contribution in [0.1, 0.15) is 57.7 Å². The fraction of sp³-hybridized carbons (Fsp3) is 0.364. The molecule has 5 heteroatoms. The summed E-state index contributed by atoms with van der Waals surface area (Å²) in [5, 5.41) is 9.06. The molecule has 0 saturated carbocycles. The number of carbonyl (C=O) groups is 2. The fourth-order valence-electron chi connectivity index (χ4n) is 3.84. The van der Waals surface area contributed by atoms with Crippen LogP contribution >= 0.6 is 0 Å². The molecule has 2 aromatic carbocycles. The monoisotopic (exact) mass is 367 g/mol. The third-order valence-electron chi connectivity index (χ3n) is 5.51. The smallest absolute Gasteiger partial charge is 0.335 e. The minimum Gasteiger partial charge on any atom is -0.496 e. The second-order valence-corrected chi connectivity index (χ2v) is 7.75. The van der Waals surface area contributed by atoms with Crippen LogP contribution in [-0.4, -0.2) is 37.6 Å². The van der Waals surface area contributed by atoms with Crippen molar-refractivity contribution in [1.29, 1.82) is 0 Å². The number of ether oxygens (including phenoxy) is 1. The number of carboxylic acids is 1. The van der Waals surface area contributed by atoms with Gasteiger partial charge in [-0.3, -0.25) is 4.79 Å². The van der Waals surface area contributed by atoms with E-state index in [2.05, 4.69) is 25.8 Å². The molecule has 1 N–H and O–H groups in total. The number of aromatic carboxylic acids is 1. The van der Waals surface area contributed by atoms with Gasteiger partial charge in [0.2, 0.25) is 0 Å². The summed E-state index contributed by atoms with van der Waals surface area (Å²) in [6.07, 6.45) is 1.00. The van der Waals surface area contributed by atoms with Crippen molar-refractivity contribution in [2.75, 3.05) is 25.6 Å². The van der Waals surface area contributed by atoms with Gasteiger partial charge in [-0.05, 0) is 42.5 Å². The Morgan fingerprint density at radius 3 is 2.30 bits per heavy atom. The van der Waals surface area contributed by atoms with Crippen LogP contribution in [0, 0.1) is 6.92 Å². The Hall–Kier alpha value is -2.82. The molecule has 1 aliphatic rings. The normalized spacial score (nSPS) is 15.2. The number of fused-ring (bicyclic) bond motifs is 1. The van der Waals surface area contributed by atoms with E-state index in [9.17, 15) is 9.59 Å². The summed E-state index contributed by atoms with van der Waals surface area (Å²) < 4.78 is 5.62. The van der Waals surface area contributed by atoms with Crippen molar-refractivity contribution >= 4 is 17.4 Å². The largest absolute Gasteiger partial charge is 0.496 e. The molecule has 3 rings (SSSR count). The number of methoxy groups -OCH3 is 1. The summed E-state index contributed by atoms with van der Waals surface area (Å²) in [5.41, 5.74) is 4.29. The van der Waals surface area contributed by atoms with Crippen LogP contribution in [0.4, 0.5) is 5.69 Å². The number of rotatable bonds is 4. The zero-order valence-corrected chi connectivity index (χ0v) is 16.4. The lowest BCUT2D eigenvalue weighted by Crippen LogP contribution is -2.35. The molecular weight excluding hydrogens is 342 g/mol. The van der Waals surface area contributed by atoms with Gasteiger partial charge in [-0.15, -0.1) is 0 Å². The van der Waals surface area contributed by atoms with Gasteiger partial charge >= 0.3 is 5.97 Å². The molecule has 0 unspecified atom stereocenters. The molecule has 0 aliphatic carbocycles. The molecule has 0 spiro atoms. The van der Waals surface area contributed by atoms with Crippen molar-refractivity contribution in [3.63, 3.8) is 0 Å². The Kier molecular flexibility index (Phi) is 4.72. The van der Waals surface area contributed by atoms with Crippen molar-refractivity contribution in [3.8, 4) is 5.75 Å². The van der Waals surface area contributed by atoms with Crippen LogP contribution in [0.5, 0.6) is 5.75 Å². The second-order valence-electron chi connectivity index (χ2n) is 7.75. The van der Waals surface area contributed by atoms with Crippen LogP contribution in [0.3, 0.4) is 0 Å². The molecular formula is C22H25NO4. The molecule has 0 bridgehead atoms. The minimum absolute atomic E-state index is 0.0406. The number of ketones is 1. The van der Waals surface area contributed by atoms with Gasteiger partial charge in [-0.1, -0.05) is 26.0 Å². The van der Waals surface area contributed by atoms with Crippen molar-refractivity contribution in [2.24, 2.45) is 0 Å².